The topological polar surface area (TPSA) is 86.8 Å². The maximum atomic E-state index is 13.5. The lowest BCUT2D eigenvalue weighted by molar-refractivity contribution is -0.140. The van der Waals surface area contributed by atoms with Gasteiger partial charge in [-0.3, -0.25) is 9.59 Å². The van der Waals surface area contributed by atoms with Crippen molar-refractivity contribution in [2.75, 3.05) is 26.7 Å². The number of sulfonamides is 1. The van der Waals surface area contributed by atoms with Crippen LogP contribution in [-0.4, -0.2) is 62.2 Å². The fourth-order valence-corrected chi connectivity index (χ4v) is 5.35. The summed E-state index contributed by atoms with van der Waals surface area (Å²) in [4.78, 5) is 28.2. The van der Waals surface area contributed by atoms with E-state index < -0.39 is 22.0 Å². The van der Waals surface area contributed by atoms with Gasteiger partial charge < -0.3 is 10.2 Å². The van der Waals surface area contributed by atoms with E-state index in [1.807, 2.05) is 75.4 Å². The molecule has 0 radical (unpaired) electrons. The highest BCUT2D eigenvalue weighted by Gasteiger charge is 2.31. The molecule has 8 heteroatoms. The highest BCUT2D eigenvalue weighted by atomic mass is 32.2. The maximum Gasteiger partial charge on any atom is 0.243 e. The van der Waals surface area contributed by atoms with E-state index in [-0.39, 0.29) is 23.3 Å². The van der Waals surface area contributed by atoms with E-state index in [4.69, 9.17) is 0 Å². The molecule has 3 aromatic carbocycles. The van der Waals surface area contributed by atoms with Crippen LogP contribution >= 0.6 is 0 Å². The zero-order chi connectivity index (χ0) is 27.0. The number of benzene rings is 3. The Bertz CT molecular complexity index is 1310. The van der Waals surface area contributed by atoms with Crippen LogP contribution in [0.2, 0.25) is 0 Å². The van der Waals surface area contributed by atoms with Crippen molar-refractivity contribution in [2.45, 2.75) is 44.6 Å². The molecule has 3 aromatic rings. The summed E-state index contributed by atoms with van der Waals surface area (Å²) >= 11 is 0. The highest BCUT2D eigenvalue weighted by Crippen LogP contribution is 2.21. The van der Waals surface area contributed by atoms with Crippen LogP contribution in [0.5, 0.6) is 0 Å². The molecule has 0 saturated carbocycles. The first-order valence-electron chi connectivity index (χ1n) is 12.7. The minimum absolute atomic E-state index is 0.124. The Morgan fingerprint density at radius 3 is 2.22 bits per heavy atom. The summed E-state index contributed by atoms with van der Waals surface area (Å²) in [5.41, 5.74) is 1.04. The van der Waals surface area contributed by atoms with Gasteiger partial charge in [-0.05, 0) is 47.2 Å². The van der Waals surface area contributed by atoms with Crippen molar-refractivity contribution in [3.05, 3.63) is 78.4 Å². The van der Waals surface area contributed by atoms with Crippen molar-refractivity contribution >= 4 is 32.6 Å². The minimum Gasteiger partial charge on any atom is -0.354 e. The smallest absolute Gasteiger partial charge is 0.243 e. The summed E-state index contributed by atoms with van der Waals surface area (Å²) in [6.45, 7) is 6.32. The van der Waals surface area contributed by atoms with Crippen LogP contribution in [0.4, 0.5) is 0 Å². The largest absolute Gasteiger partial charge is 0.354 e. The maximum absolute atomic E-state index is 13.5. The lowest BCUT2D eigenvalue weighted by atomic mass is 10.1. The number of nitrogens with one attached hydrogen (secondary N) is 1. The van der Waals surface area contributed by atoms with E-state index in [2.05, 4.69) is 5.32 Å². The van der Waals surface area contributed by atoms with Gasteiger partial charge in [0.25, 0.3) is 0 Å². The Balaban J connectivity index is 1.82. The number of likely N-dealkylation sites (N-methyl/N-ethyl adjacent to an activating group) is 1. The second-order valence-corrected chi connectivity index (χ2v) is 11.7. The van der Waals surface area contributed by atoms with Crippen LogP contribution in [-0.2, 0) is 26.0 Å². The molecule has 7 nitrogen and oxygen atoms in total. The average Bonchev–Trinajstić information content (AvgIpc) is 2.89. The predicted octanol–water partition coefficient (Wildman–Crippen LogP) is 4.08. The molecule has 0 spiro atoms. The molecule has 198 valence electrons. The van der Waals surface area contributed by atoms with Gasteiger partial charge in [-0.1, -0.05) is 81.4 Å². The van der Waals surface area contributed by atoms with Crippen molar-refractivity contribution in [1.29, 1.82) is 0 Å². The van der Waals surface area contributed by atoms with Crippen molar-refractivity contribution in [1.82, 2.24) is 14.5 Å². The van der Waals surface area contributed by atoms with Crippen molar-refractivity contribution in [3.8, 4) is 0 Å². The van der Waals surface area contributed by atoms with E-state index in [0.29, 0.717) is 25.9 Å². The predicted molar refractivity (Wildman–Crippen MR) is 148 cm³/mol. The summed E-state index contributed by atoms with van der Waals surface area (Å²) in [5, 5.41) is 4.67. The van der Waals surface area contributed by atoms with Crippen LogP contribution in [0.25, 0.3) is 10.8 Å². The van der Waals surface area contributed by atoms with Gasteiger partial charge in [0.2, 0.25) is 21.8 Å². The first-order chi connectivity index (χ1) is 17.6. The van der Waals surface area contributed by atoms with Gasteiger partial charge in [0, 0.05) is 20.1 Å². The van der Waals surface area contributed by atoms with Crippen molar-refractivity contribution in [2.24, 2.45) is 5.92 Å². The molecule has 3 rings (SSSR count). The van der Waals surface area contributed by atoms with Crippen LogP contribution < -0.4 is 5.32 Å². The molecule has 37 heavy (non-hydrogen) atoms. The molecule has 0 aliphatic heterocycles. The molecule has 0 bridgehead atoms. The molecule has 0 fully saturated rings. The first kappa shape index (κ1) is 28.3. The quantitative estimate of drug-likeness (QED) is 0.388. The minimum atomic E-state index is -3.91. The molecule has 0 aliphatic rings. The molecule has 2 amide bonds. The third-order valence-corrected chi connectivity index (χ3v) is 8.14. The lowest BCUT2D eigenvalue weighted by Gasteiger charge is -2.32. The summed E-state index contributed by atoms with van der Waals surface area (Å²) < 4.78 is 27.7. The van der Waals surface area contributed by atoms with Gasteiger partial charge in [-0.25, -0.2) is 8.42 Å². The molecular formula is C29H37N3O4S. The summed E-state index contributed by atoms with van der Waals surface area (Å²) in [6, 6.07) is 21.5. The van der Waals surface area contributed by atoms with Gasteiger partial charge in [0.05, 0.1) is 11.4 Å². The van der Waals surface area contributed by atoms with Crippen molar-refractivity contribution in [3.63, 3.8) is 0 Å². The summed E-state index contributed by atoms with van der Waals surface area (Å²) in [6.07, 6.45) is 0.979. The fraction of sp³-hybridized carbons (Fsp3) is 0.379. The normalized spacial score (nSPS) is 12.6. The van der Waals surface area contributed by atoms with Crippen LogP contribution in [0.1, 0.15) is 32.8 Å². The monoisotopic (exact) mass is 523 g/mol. The SMILES string of the molecule is CC[C@@H](C(=O)NCC(C)C)N(CCc1ccccc1)C(=O)CN(C)S(=O)(=O)c1ccc2ccccc2c1. The summed E-state index contributed by atoms with van der Waals surface area (Å²) in [5.74, 6) is -0.361. The van der Waals surface area contributed by atoms with Gasteiger partial charge in [-0.2, -0.15) is 4.31 Å². The first-order valence-corrected chi connectivity index (χ1v) is 14.1. The molecule has 1 atom stereocenters. The number of carbonyl (C=O) groups excluding carboxylic acids is 2. The third-order valence-electron chi connectivity index (χ3n) is 6.34. The molecule has 1 N–H and O–H groups in total. The highest BCUT2D eigenvalue weighted by molar-refractivity contribution is 7.89. The lowest BCUT2D eigenvalue weighted by Crippen LogP contribution is -2.53. The van der Waals surface area contributed by atoms with Crippen molar-refractivity contribution < 1.29 is 18.0 Å². The van der Waals surface area contributed by atoms with E-state index in [1.165, 1.54) is 11.9 Å². The van der Waals surface area contributed by atoms with Gasteiger partial charge in [0.1, 0.15) is 6.04 Å². The van der Waals surface area contributed by atoms with E-state index in [9.17, 15) is 18.0 Å². The Morgan fingerprint density at radius 1 is 0.919 bits per heavy atom. The van der Waals surface area contributed by atoms with Crippen LogP contribution in [0.15, 0.2) is 77.7 Å². The second-order valence-electron chi connectivity index (χ2n) is 9.66. The van der Waals surface area contributed by atoms with E-state index in [0.717, 1.165) is 20.6 Å². The Morgan fingerprint density at radius 2 is 1.57 bits per heavy atom. The summed E-state index contributed by atoms with van der Waals surface area (Å²) in [7, 11) is -2.51. The second kappa shape index (κ2) is 12.8. The number of nitrogens with zero attached hydrogens (tertiary/aromatic N) is 2. The zero-order valence-corrected chi connectivity index (χ0v) is 22.9. The molecule has 0 unspecified atom stereocenters. The molecule has 0 heterocycles. The average molecular weight is 524 g/mol. The van der Waals surface area contributed by atoms with E-state index in [1.54, 1.807) is 18.2 Å². The zero-order valence-electron chi connectivity index (χ0n) is 22.1. The number of carbonyl (C=O) groups is 2. The van der Waals surface area contributed by atoms with Crippen LogP contribution in [0.3, 0.4) is 0 Å². The Kier molecular flexibility index (Phi) is 9.83. The van der Waals surface area contributed by atoms with Gasteiger partial charge in [0.15, 0.2) is 0 Å². The number of hydrogen-bond donors (Lipinski definition) is 1. The Hall–Kier alpha value is -3.23. The number of hydrogen-bond acceptors (Lipinski definition) is 4. The number of amides is 2. The Labute approximate surface area is 220 Å². The van der Waals surface area contributed by atoms with Crippen LogP contribution in [0, 0.1) is 5.92 Å². The third kappa shape index (κ3) is 7.40. The van der Waals surface area contributed by atoms with E-state index >= 15 is 0 Å². The number of fused-ring (bicyclic) bond motifs is 1. The molecule has 0 saturated heterocycles. The molecule has 0 aromatic heterocycles. The van der Waals surface area contributed by atoms with Gasteiger partial charge >= 0.3 is 0 Å². The fourth-order valence-electron chi connectivity index (χ4n) is 4.19. The molecular weight excluding hydrogens is 486 g/mol. The van der Waals surface area contributed by atoms with Gasteiger partial charge in [-0.15, -0.1) is 0 Å². The number of rotatable bonds is 12. The standard InChI is InChI=1S/C29H37N3O4S/c1-5-27(29(34)30-20-22(2)3)32(18-17-23-11-7-6-8-12-23)28(33)21-31(4)37(35,36)26-16-15-24-13-9-10-14-25(24)19-26/h6-16,19,22,27H,5,17-18,20-21H2,1-4H3,(H,30,34)/t27-/m0/s1. The molecule has 0 aliphatic carbocycles.